The smallest absolute Gasteiger partial charge is 0.160 e. The van der Waals surface area contributed by atoms with E-state index in [1.165, 1.54) is 0 Å². The fourth-order valence-electron chi connectivity index (χ4n) is 2.33. The van der Waals surface area contributed by atoms with Crippen LogP contribution in [0.4, 0.5) is 10.1 Å². The van der Waals surface area contributed by atoms with Gasteiger partial charge in [0.05, 0.1) is 16.3 Å². The first-order valence-electron chi connectivity index (χ1n) is 6.14. The minimum atomic E-state index is -0.281. The summed E-state index contributed by atoms with van der Waals surface area (Å²) < 4.78 is 14.7. The van der Waals surface area contributed by atoms with Gasteiger partial charge in [-0.1, -0.05) is 13.0 Å². The number of benzene rings is 1. The fourth-order valence-corrected chi connectivity index (χ4v) is 2.83. The summed E-state index contributed by atoms with van der Waals surface area (Å²) in [5.41, 5.74) is 6.89. The average Bonchev–Trinajstić information content (AvgIpc) is 2.36. The zero-order chi connectivity index (χ0) is 13.3. The summed E-state index contributed by atoms with van der Waals surface area (Å²) in [6, 6.07) is 3.62. The molecule has 0 bridgehead atoms. The molecule has 5 heteroatoms. The Morgan fingerprint density at radius 3 is 2.89 bits per heavy atom. The van der Waals surface area contributed by atoms with E-state index >= 15 is 0 Å². The molecule has 1 aliphatic rings. The van der Waals surface area contributed by atoms with E-state index in [2.05, 4.69) is 15.9 Å². The van der Waals surface area contributed by atoms with E-state index < -0.39 is 0 Å². The van der Waals surface area contributed by atoms with Crippen LogP contribution in [0.3, 0.4) is 0 Å². The maximum absolute atomic E-state index is 14.3. The van der Waals surface area contributed by atoms with Crippen molar-refractivity contribution >= 4 is 21.6 Å². The number of aliphatic hydroxyl groups excluding tert-OH is 1. The molecule has 0 spiro atoms. The predicted octanol–water partition coefficient (Wildman–Crippen LogP) is 2.25. The minimum Gasteiger partial charge on any atom is -0.393 e. The second-order valence-corrected chi connectivity index (χ2v) is 5.65. The Balaban J connectivity index is 2.26. The van der Waals surface area contributed by atoms with Gasteiger partial charge in [0, 0.05) is 19.6 Å². The molecule has 0 saturated carbocycles. The van der Waals surface area contributed by atoms with Gasteiger partial charge < -0.3 is 15.7 Å². The summed E-state index contributed by atoms with van der Waals surface area (Å²) in [7, 11) is 0. The molecule has 0 radical (unpaired) electrons. The molecule has 1 aromatic carbocycles. The van der Waals surface area contributed by atoms with Gasteiger partial charge in [0.15, 0.2) is 5.82 Å². The van der Waals surface area contributed by atoms with Crippen LogP contribution < -0.4 is 10.6 Å². The van der Waals surface area contributed by atoms with E-state index in [9.17, 15) is 9.50 Å². The first-order valence-corrected chi connectivity index (χ1v) is 6.93. The number of hydrogen-bond donors (Lipinski definition) is 2. The molecule has 1 saturated heterocycles. The highest BCUT2D eigenvalue weighted by Gasteiger charge is 2.26. The summed E-state index contributed by atoms with van der Waals surface area (Å²) in [5.74, 6) is -0.104. The molecule has 1 fully saturated rings. The van der Waals surface area contributed by atoms with Crippen molar-refractivity contribution in [2.45, 2.75) is 26.0 Å². The van der Waals surface area contributed by atoms with Crippen molar-refractivity contribution in [2.24, 2.45) is 11.7 Å². The van der Waals surface area contributed by atoms with Gasteiger partial charge in [-0.15, -0.1) is 0 Å². The number of halogens is 2. The fraction of sp³-hybridized carbons (Fsp3) is 0.538. The Morgan fingerprint density at radius 2 is 2.28 bits per heavy atom. The number of aliphatic hydroxyl groups is 1. The molecular weight excluding hydrogens is 299 g/mol. The Bertz CT molecular complexity index is 441. The quantitative estimate of drug-likeness (QED) is 0.880. The summed E-state index contributed by atoms with van der Waals surface area (Å²) in [6.45, 7) is 3.65. The monoisotopic (exact) mass is 316 g/mol. The number of anilines is 1. The van der Waals surface area contributed by atoms with Crippen molar-refractivity contribution in [3.63, 3.8) is 0 Å². The van der Waals surface area contributed by atoms with Gasteiger partial charge in [0.25, 0.3) is 0 Å². The lowest BCUT2D eigenvalue weighted by Gasteiger charge is -2.36. The maximum Gasteiger partial charge on any atom is 0.160 e. The Hall–Kier alpha value is -0.650. The third-order valence-electron chi connectivity index (χ3n) is 3.56. The minimum absolute atomic E-state index is 0.158. The van der Waals surface area contributed by atoms with Crippen LogP contribution in [0, 0.1) is 11.7 Å². The molecule has 1 aromatic rings. The van der Waals surface area contributed by atoms with Crippen LogP contribution in [0.15, 0.2) is 16.6 Å². The van der Waals surface area contributed by atoms with Crippen molar-refractivity contribution in [1.82, 2.24) is 0 Å². The topological polar surface area (TPSA) is 49.5 Å². The summed E-state index contributed by atoms with van der Waals surface area (Å²) in [4.78, 5) is 1.98. The van der Waals surface area contributed by atoms with Crippen molar-refractivity contribution in [3.8, 4) is 0 Å². The Morgan fingerprint density at radius 1 is 1.56 bits per heavy atom. The standard InChI is InChI=1S/C13H18BrFN2O/c1-8-7-17(5-4-11(8)18)10-3-2-9(6-16)12(14)13(10)15/h2-3,8,11,18H,4-7,16H2,1H3. The zero-order valence-corrected chi connectivity index (χ0v) is 12.0. The Labute approximate surface area is 115 Å². The van der Waals surface area contributed by atoms with Crippen LogP contribution in [-0.4, -0.2) is 24.3 Å². The number of piperidine rings is 1. The lowest BCUT2D eigenvalue weighted by Crippen LogP contribution is -2.42. The second kappa shape index (κ2) is 5.55. The highest BCUT2D eigenvalue weighted by molar-refractivity contribution is 9.10. The molecule has 18 heavy (non-hydrogen) atoms. The lowest BCUT2D eigenvalue weighted by molar-refractivity contribution is 0.0969. The molecule has 0 aromatic heterocycles. The van der Waals surface area contributed by atoms with E-state index in [0.29, 0.717) is 36.2 Å². The molecule has 1 aliphatic heterocycles. The van der Waals surface area contributed by atoms with Gasteiger partial charge >= 0.3 is 0 Å². The normalized spacial score (nSPS) is 24.4. The number of hydrogen-bond acceptors (Lipinski definition) is 3. The first-order chi connectivity index (χ1) is 8.54. The molecule has 0 aliphatic carbocycles. The molecule has 1 heterocycles. The zero-order valence-electron chi connectivity index (χ0n) is 10.4. The van der Waals surface area contributed by atoms with E-state index in [1.54, 1.807) is 6.07 Å². The van der Waals surface area contributed by atoms with Gasteiger partial charge in [0.2, 0.25) is 0 Å². The SMILES string of the molecule is CC1CN(c2ccc(CN)c(Br)c2F)CCC1O. The molecular formula is C13H18BrFN2O. The number of nitrogens with two attached hydrogens (primary N) is 1. The van der Waals surface area contributed by atoms with Crippen LogP contribution in [0.1, 0.15) is 18.9 Å². The lowest BCUT2D eigenvalue weighted by atomic mass is 9.96. The molecule has 3 N–H and O–H groups in total. The largest absolute Gasteiger partial charge is 0.393 e. The third kappa shape index (κ3) is 2.53. The van der Waals surface area contributed by atoms with Crippen molar-refractivity contribution in [2.75, 3.05) is 18.0 Å². The van der Waals surface area contributed by atoms with Gasteiger partial charge in [-0.25, -0.2) is 4.39 Å². The molecule has 100 valence electrons. The second-order valence-electron chi connectivity index (χ2n) is 4.86. The van der Waals surface area contributed by atoms with Gasteiger partial charge in [-0.3, -0.25) is 0 Å². The molecule has 2 rings (SSSR count). The first kappa shape index (κ1) is 13.8. The third-order valence-corrected chi connectivity index (χ3v) is 4.42. The van der Waals surface area contributed by atoms with E-state index in [1.807, 2.05) is 17.9 Å². The predicted molar refractivity (Wildman–Crippen MR) is 74.0 cm³/mol. The Kier molecular flexibility index (Phi) is 4.25. The number of rotatable bonds is 2. The average molecular weight is 317 g/mol. The van der Waals surface area contributed by atoms with Gasteiger partial charge in [-0.05, 0) is 39.9 Å². The van der Waals surface area contributed by atoms with Crippen molar-refractivity contribution in [3.05, 3.63) is 28.0 Å². The molecule has 2 unspecified atom stereocenters. The van der Waals surface area contributed by atoms with E-state index in [0.717, 1.165) is 5.56 Å². The highest BCUT2D eigenvalue weighted by Crippen LogP contribution is 2.31. The van der Waals surface area contributed by atoms with Crippen LogP contribution in [-0.2, 0) is 6.54 Å². The summed E-state index contributed by atoms with van der Waals surface area (Å²) in [6.07, 6.45) is 0.396. The summed E-state index contributed by atoms with van der Waals surface area (Å²) in [5, 5.41) is 9.70. The molecule has 2 atom stereocenters. The van der Waals surface area contributed by atoms with Crippen molar-refractivity contribution in [1.29, 1.82) is 0 Å². The molecule has 0 amide bonds. The van der Waals surface area contributed by atoms with Crippen LogP contribution in [0.25, 0.3) is 0 Å². The molecule has 3 nitrogen and oxygen atoms in total. The number of nitrogens with zero attached hydrogens (tertiary/aromatic N) is 1. The van der Waals surface area contributed by atoms with Crippen LogP contribution >= 0.6 is 15.9 Å². The van der Waals surface area contributed by atoms with Gasteiger partial charge in [-0.2, -0.15) is 0 Å². The van der Waals surface area contributed by atoms with E-state index in [4.69, 9.17) is 5.73 Å². The van der Waals surface area contributed by atoms with Gasteiger partial charge in [0.1, 0.15) is 0 Å². The van der Waals surface area contributed by atoms with Crippen molar-refractivity contribution < 1.29 is 9.50 Å². The summed E-state index contributed by atoms with van der Waals surface area (Å²) >= 11 is 3.25. The van der Waals surface area contributed by atoms with E-state index in [-0.39, 0.29) is 17.8 Å². The highest BCUT2D eigenvalue weighted by atomic mass is 79.9. The maximum atomic E-state index is 14.3. The van der Waals surface area contributed by atoms with Crippen LogP contribution in [0.2, 0.25) is 0 Å². The van der Waals surface area contributed by atoms with Crippen LogP contribution in [0.5, 0.6) is 0 Å².